The van der Waals surface area contributed by atoms with Gasteiger partial charge >= 0.3 is 5.97 Å². The number of aryl methyl sites for hydroxylation is 1. The molecule has 9 heteroatoms. The topological polar surface area (TPSA) is 118 Å². The Labute approximate surface area is 172 Å². The number of aromatic nitrogens is 3. The molecule has 0 spiro atoms. The van der Waals surface area contributed by atoms with Gasteiger partial charge in [-0.25, -0.2) is 9.97 Å². The van der Waals surface area contributed by atoms with E-state index in [1.807, 2.05) is 24.0 Å². The standard InChI is InChI=1S/C21H21N5O4/c1-12-3-4-13(7-22-12)8-24-20(28)18-19(27)15-5-6-17(25-16(15)9-23-18)26-10-14(11-26)21(29)30-2/h3-7,9,14,27H,8,10-11H2,1-2H3,(H,24,28). The van der Waals surface area contributed by atoms with E-state index in [0.717, 1.165) is 11.3 Å². The highest BCUT2D eigenvalue weighted by molar-refractivity contribution is 6.00. The highest BCUT2D eigenvalue weighted by Crippen LogP contribution is 2.30. The lowest BCUT2D eigenvalue weighted by atomic mass is 10.0. The number of amides is 1. The SMILES string of the molecule is COC(=O)C1CN(c2ccc3c(O)c(C(=O)NCc4ccc(C)nc4)ncc3n2)C1. The molecule has 2 N–H and O–H groups in total. The normalized spacial score (nSPS) is 13.7. The molecule has 0 unspecified atom stereocenters. The second-order valence-electron chi connectivity index (χ2n) is 7.17. The fourth-order valence-corrected chi connectivity index (χ4v) is 3.27. The van der Waals surface area contributed by atoms with Gasteiger partial charge in [0, 0.05) is 36.9 Å². The zero-order valence-corrected chi connectivity index (χ0v) is 16.6. The average Bonchev–Trinajstić information content (AvgIpc) is 2.72. The molecule has 1 aliphatic rings. The lowest BCUT2D eigenvalue weighted by molar-refractivity contribution is -0.146. The molecule has 154 valence electrons. The van der Waals surface area contributed by atoms with Crippen LogP contribution in [-0.2, 0) is 16.1 Å². The number of ether oxygens (including phenoxy) is 1. The molecule has 1 saturated heterocycles. The van der Waals surface area contributed by atoms with Gasteiger partial charge in [0.25, 0.3) is 5.91 Å². The van der Waals surface area contributed by atoms with Crippen molar-refractivity contribution in [1.29, 1.82) is 0 Å². The number of nitrogens with one attached hydrogen (secondary N) is 1. The Bertz CT molecular complexity index is 1110. The third kappa shape index (κ3) is 3.73. The number of esters is 1. The van der Waals surface area contributed by atoms with Crippen molar-refractivity contribution in [3.63, 3.8) is 0 Å². The third-order valence-corrected chi connectivity index (χ3v) is 5.09. The fourth-order valence-electron chi connectivity index (χ4n) is 3.27. The van der Waals surface area contributed by atoms with Crippen LogP contribution in [0, 0.1) is 12.8 Å². The smallest absolute Gasteiger partial charge is 0.312 e. The van der Waals surface area contributed by atoms with Crippen LogP contribution in [0.15, 0.2) is 36.7 Å². The van der Waals surface area contributed by atoms with Crippen LogP contribution in [-0.4, -0.2) is 52.1 Å². The fraction of sp³-hybridized carbons (Fsp3) is 0.286. The summed E-state index contributed by atoms with van der Waals surface area (Å²) in [7, 11) is 1.37. The lowest BCUT2D eigenvalue weighted by Crippen LogP contribution is -2.51. The Morgan fingerprint density at radius 3 is 2.70 bits per heavy atom. The summed E-state index contributed by atoms with van der Waals surface area (Å²) in [4.78, 5) is 38.7. The van der Waals surface area contributed by atoms with Crippen LogP contribution >= 0.6 is 0 Å². The predicted molar refractivity (Wildman–Crippen MR) is 109 cm³/mol. The van der Waals surface area contributed by atoms with Crippen LogP contribution in [0.25, 0.3) is 10.9 Å². The van der Waals surface area contributed by atoms with Crippen molar-refractivity contribution in [2.45, 2.75) is 13.5 Å². The van der Waals surface area contributed by atoms with Gasteiger partial charge in [0.2, 0.25) is 0 Å². The van der Waals surface area contributed by atoms with E-state index in [2.05, 4.69) is 20.3 Å². The Morgan fingerprint density at radius 1 is 1.20 bits per heavy atom. The van der Waals surface area contributed by atoms with Gasteiger partial charge in [-0.15, -0.1) is 0 Å². The molecule has 0 aromatic carbocycles. The van der Waals surface area contributed by atoms with E-state index in [1.54, 1.807) is 18.3 Å². The van der Waals surface area contributed by atoms with Crippen molar-refractivity contribution in [3.8, 4) is 5.75 Å². The Balaban J connectivity index is 1.48. The second kappa shape index (κ2) is 7.94. The number of rotatable bonds is 5. The summed E-state index contributed by atoms with van der Waals surface area (Å²) in [6, 6.07) is 7.18. The number of carbonyl (C=O) groups excluding carboxylic acids is 2. The van der Waals surface area contributed by atoms with Gasteiger partial charge < -0.3 is 20.1 Å². The summed E-state index contributed by atoms with van der Waals surface area (Å²) in [6.45, 7) is 3.22. The maximum Gasteiger partial charge on any atom is 0.312 e. The molecule has 0 radical (unpaired) electrons. The molecule has 4 heterocycles. The van der Waals surface area contributed by atoms with E-state index < -0.39 is 5.91 Å². The van der Waals surface area contributed by atoms with Gasteiger partial charge in [-0.05, 0) is 30.7 Å². The summed E-state index contributed by atoms with van der Waals surface area (Å²) in [5.41, 5.74) is 2.14. The molecule has 3 aromatic heterocycles. The molecular weight excluding hydrogens is 386 g/mol. The Morgan fingerprint density at radius 2 is 2.00 bits per heavy atom. The first-order valence-electron chi connectivity index (χ1n) is 9.47. The predicted octanol–water partition coefficient (Wildman–Crippen LogP) is 1.58. The summed E-state index contributed by atoms with van der Waals surface area (Å²) in [6.07, 6.45) is 3.15. The Hall–Kier alpha value is -3.75. The highest BCUT2D eigenvalue weighted by Gasteiger charge is 2.34. The minimum Gasteiger partial charge on any atom is -0.505 e. The first kappa shape index (κ1) is 19.6. The number of anilines is 1. The van der Waals surface area contributed by atoms with E-state index in [4.69, 9.17) is 4.74 Å². The van der Waals surface area contributed by atoms with Gasteiger partial charge in [0.05, 0.1) is 24.7 Å². The summed E-state index contributed by atoms with van der Waals surface area (Å²) in [5, 5.41) is 13.7. The summed E-state index contributed by atoms with van der Waals surface area (Å²) < 4.78 is 4.74. The zero-order chi connectivity index (χ0) is 21.3. The van der Waals surface area contributed by atoms with E-state index in [0.29, 0.717) is 29.8 Å². The summed E-state index contributed by atoms with van der Waals surface area (Å²) in [5.74, 6) is -0.421. The first-order chi connectivity index (χ1) is 14.5. The molecule has 1 aliphatic heterocycles. The van der Waals surface area contributed by atoms with Crippen molar-refractivity contribution >= 4 is 28.6 Å². The number of fused-ring (bicyclic) bond motifs is 1. The van der Waals surface area contributed by atoms with Crippen LogP contribution in [0.2, 0.25) is 0 Å². The average molecular weight is 407 g/mol. The zero-order valence-electron chi connectivity index (χ0n) is 16.6. The number of pyridine rings is 3. The minimum absolute atomic E-state index is 0.0631. The molecule has 9 nitrogen and oxygen atoms in total. The van der Waals surface area contributed by atoms with Gasteiger partial charge in [0.15, 0.2) is 11.4 Å². The van der Waals surface area contributed by atoms with Crippen molar-refractivity contribution in [1.82, 2.24) is 20.3 Å². The van der Waals surface area contributed by atoms with E-state index in [9.17, 15) is 14.7 Å². The van der Waals surface area contributed by atoms with Crippen molar-refractivity contribution < 1.29 is 19.4 Å². The van der Waals surface area contributed by atoms with Gasteiger partial charge in [-0.2, -0.15) is 0 Å². The van der Waals surface area contributed by atoms with Crippen molar-refractivity contribution in [3.05, 3.63) is 53.6 Å². The second-order valence-corrected chi connectivity index (χ2v) is 7.17. The first-order valence-corrected chi connectivity index (χ1v) is 9.47. The van der Waals surface area contributed by atoms with E-state index in [-0.39, 0.29) is 29.9 Å². The van der Waals surface area contributed by atoms with E-state index in [1.165, 1.54) is 13.3 Å². The number of hydrogen-bond acceptors (Lipinski definition) is 8. The van der Waals surface area contributed by atoms with Crippen LogP contribution < -0.4 is 10.2 Å². The van der Waals surface area contributed by atoms with Gasteiger partial charge in [-0.3, -0.25) is 14.6 Å². The molecule has 30 heavy (non-hydrogen) atoms. The van der Waals surface area contributed by atoms with Crippen molar-refractivity contribution in [2.24, 2.45) is 5.92 Å². The molecule has 0 atom stereocenters. The molecular formula is C21H21N5O4. The van der Waals surface area contributed by atoms with Gasteiger partial charge in [0.1, 0.15) is 5.82 Å². The van der Waals surface area contributed by atoms with Crippen LogP contribution in [0.5, 0.6) is 5.75 Å². The molecule has 0 saturated carbocycles. The largest absolute Gasteiger partial charge is 0.505 e. The number of carbonyl (C=O) groups is 2. The molecule has 1 amide bonds. The molecule has 1 fully saturated rings. The molecule has 4 rings (SSSR count). The lowest BCUT2D eigenvalue weighted by Gasteiger charge is -2.38. The number of nitrogens with zero attached hydrogens (tertiary/aromatic N) is 4. The number of methoxy groups -OCH3 is 1. The van der Waals surface area contributed by atoms with Crippen molar-refractivity contribution in [2.75, 3.05) is 25.1 Å². The Kier molecular flexibility index (Phi) is 5.18. The summed E-state index contributed by atoms with van der Waals surface area (Å²) >= 11 is 0. The monoisotopic (exact) mass is 407 g/mol. The highest BCUT2D eigenvalue weighted by atomic mass is 16.5. The minimum atomic E-state index is -0.484. The maximum absolute atomic E-state index is 12.5. The number of aromatic hydroxyl groups is 1. The number of hydrogen-bond donors (Lipinski definition) is 2. The van der Waals surface area contributed by atoms with Crippen LogP contribution in [0.3, 0.4) is 0 Å². The van der Waals surface area contributed by atoms with E-state index >= 15 is 0 Å². The maximum atomic E-state index is 12.5. The van der Waals surface area contributed by atoms with Gasteiger partial charge in [-0.1, -0.05) is 6.07 Å². The molecule has 0 aliphatic carbocycles. The quantitative estimate of drug-likeness (QED) is 0.612. The van der Waals surface area contributed by atoms with Crippen LogP contribution in [0.4, 0.5) is 5.82 Å². The molecule has 3 aromatic rings. The van der Waals surface area contributed by atoms with Crippen LogP contribution in [0.1, 0.15) is 21.7 Å². The molecule has 0 bridgehead atoms. The third-order valence-electron chi connectivity index (χ3n) is 5.09.